The monoisotopic (exact) mass is 508 g/mol. The van der Waals surface area contributed by atoms with Crippen LogP contribution in [0.15, 0.2) is 24.3 Å². The molecule has 3 aliphatic rings. The van der Waals surface area contributed by atoms with Gasteiger partial charge in [-0.2, -0.15) is 0 Å². The maximum absolute atomic E-state index is 13.7. The first-order chi connectivity index (χ1) is 16.7. The normalized spacial score (nSPS) is 38.9. The van der Waals surface area contributed by atoms with Crippen molar-refractivity contribution >= 4 is 17.5 Å². The van der Waals surface area contributed by atoms with E-state index in [0.717, 1.165) is 12.2 Å². The maximum Gasteiger partial charge on any atom is 0.308 e. The summed E-state index contributed by atoms with van der Waals surface area (Å²) in [5, 5.41) is 32.3. The molecule has 3 rings (SSSR count). The Kier molecular flexibility index (Phi) is 8.62. The number of allylic oxidation sites excluding steroid dienone is 3. The number of hydrogen-bond acceptors (Lipinski definition) is 9. The van der Waals surface area contributed by atoms with E-state index in [4.69, 9.17) is 14.2 Å². The zero-order chi connectivity index (χ0) is 26.9. The van der Waals surface area contributed by atoms with Crippen LogP contribution in [0.25, 0.3) is 0 Å². The molecule has 1 saturated carbocycles. The lowest BCUT2D eigenvalue weighted by molar-refractivity contribution is -0.172. The van der Waals surface area contributed by atoms with Crippen LogP contribution in [0.5, 0.6) is 0 Å². The van der Waals surface area contributed by atoms with E-state index in [0.29, 0.717) is 6.42 Å². The molecule has 9 heteroatoms. The van der Waals surface area contributed by atoms with E-state index >= 15 is 0 Å². The van der Waals surface area contributed by atoms with Crippen molar-refractivity contribution in [3.8, 4) is 0 Å². The first-order valence-electron chi connectivity index (χ1n) is 12.7. The van der Waals surface area contributed by atoms with Crippen LogP contribution in [0.1, 0.15) is 60.3 Å². The van der Waals surface area contributed by atoms with Crippen molar-refractivity contribution < 1.29 is 43.9 Å². The summed E-state index contributed by atoms with van der Waals surface area (Å²) in [5.74, 6) is -4.64. The molecule has 1 aliphatic heterocycles. The van der Waals surface area contributed by atoms with Gasteiger partial charge >= 0.3 is 5.97 Å². The van der Waals surface area contributed by atoms with Gasteiger partial charge in [-0.1, -0.05) is 40.7 Å². The Bertz CT molecular complexity index is 907. The van der Waals surface area contributed by atoms with Crippen LogP contribution in [0.4, 0.5) is 0 Å². The Hall–Kier alpha value is -1.91. The molecule has 0 aromatic heterocycles. The number of aliphatic hydroxyl groups excluding tert-OH is 1. The molecule has 0 aromatic carbocycles. The second-order valence-electron chi connectivity index (χ2n) is 11.2. The van der Waals surface area contributed by atoms with Gasteiger partial charge in [-0.15, -0.1) is 0 Å². The standard InChI is InChI=1S/C27H40O9/c1-16(2)24(31)34-14-22(30)27-23(35-15-36-27)12-19-8-10-26(32,33)11-9-20(28)7-6-17(3)18(4)21(29)13-25(19,27)5/h6-7,9,11,16-19,21,23,29,32-33H,8,10,12-15H2,1-5H3. The van der Waals surface area contributed by atoms with Crippen molar-refractivity contribution in [1.29, 1.82) is 0 Å². The van der Waals surface area contributed by atoms with Gasteiger partial charge in [0.2, 0.25) is 5.78 Å². The fraction of sp³-hybridized carbons (Fsp3) is 0.741. The molecule has 0 amide bonds. The molecule has 2 aliphatic carbocycles. The lowest BCUT2D eigenvalue weighted by atomic mass is 9.63. The Morgan fingerprint density at radius 3 is 2.58 bits per heavy atom. The molecule has 7 unspecified atom stereocenters. The van der Waals surface area contributed by atoms with Crippen molar-refractivity contribution in [1.82, 2.24) is 0 Å². The molecule has 0 aromatic rings. The smallest absolute Gasteiger partial charge is 0.308 e. The van der Waals surface area contributed by atoms with E-state index in [1.807, 2.05) is 20.8 Å². The van der Waals surface area contributed by atoms with Crippen LogP contribution in [0.2, 0.25) is 0 Å². The molecule has 0 spiro atoms. The van der Waals surface area contributed by atoms with Gasteiger partial charge in [-0.25, -0.2) is 0 Å². The fourth-order valence-electron chi connectivity index (χ4n) is 5.89. The van der Waals surface area contributed by atoms with E-state index in [-0.39, 0.29) is 49.6 Å². The highest BCUT2D eigenvalue weighted by atomic mass is 16.7. The minimum absolute atomic E-state index is 0.0951. The number of carbonyl (C=O) groups is 3. The van der Waals surface area contributed by atoms with E-state index in [9.17, 15) is 29.7 Å². The number of hydrogen-bond donors (Lipinski definition) is 3. The van der Waals surface area contributed by atoms with E-state index in [1.165, 1.54) is 6.08 Å². The van der Waals surface area contributed by atoms with Gasteiger partial charge in [0, 0.05) is 11.8 Å². The summed E-state index contributed by atoms with van der Waals surface area (Å²) in [6, 6.07) is 0. The minimum atomic E-state index is -2.23. The summed E-state index contributed by atoms with van der Waals surface area (Å²) in [7, 11) is 0. The van der Waals surface area contributed by atoms with Gasteiger partial charge < -0.3 is 29.5 Å². The van der Waals surface area contributed by atoms with Gasteiger partial charge in [0.1, 0.15) is 6.79 Å². The Labute approximate surface area is 212 Å². The minimum Gasteiger partial charge on any atom is -0.457 e. The zero-order valence-corrected chi connectivity index (χ0v) is 21.8. The molecule has 0 radical (unpaired) electrons. The third-order valence-corrected chi connectivity index (χ3v) is 8.50. The molecule has 2 fully saturated rings. The summed E-state index contributed by atoms with van der Waals surface area (Å²) in [6.07, 6.45) is 4.50. The molecular weight excluding hydrogens is 468 g/mol. The number of ketones is 2. The third kappa shape index (κ3) is 5.50. The quantitative estimate of drug-likeness (QED) is 0.385. The number of ether oxygens (including phenoxy) is 3. The highest BCUT2D eigenvalue weighted by molar-refractivity contribution is 5.99. The molecule has 1 saturated heterocycles. The SMILES string of the molecule is CC(C)C(=O)OCC(=O)C12OCOC1CC1CCC(O)(O)C=CC(=O)C=CC(C)C(C)C(O)CC12C. The van der Waals surface area contributed by atoms with Crippen LogP contribution in [0, 0.1) is 29.1 Å². The van der Waals surface area contributed by atoms with E-state index < -0.39 is 53.3 Å². The largest absolute Gasteiger partial charge is 0.457 e. The van der Waals surface area contributed by atoms with Crippen LogP contribution >= 0.6 is 0 Å². The van der Waals surface area contributed by atoms with Gasteiger partial charge in [-0.05, 0) is 55.2 Å². The second-order valence-corrected chi connectivity index (χ2v) is 11.2. The van der Waals surface area contributed by atoms with Crippen LogP contribution in [0.3, 0.4) is 0 Å². The van der Waals surface area contributed by atoms with Crippen molar-refractivity contribution in [2.75, 3.05) is 13.4 Å². The summed E-state index contributed by atoms with van der Waals surface area (Å²) < 4.78 is 17.2. The predicted molar refractivity (Wildman–Crippen MR) is 129 cm³/mol. The number of rotatable bonds is 4. The summed E-state index contributed by atoms with van der Waals surface area (Å²) >= 11 is 0. The average Bonchev–Trinajstić information content (AvgIpc) is 3.34. The Morgan fingerprint density at radius 2 is 1.92 bits per heavy atom. The molecule has 36 heavy (non-hydrogen) atoms. The molecule has 7 atom stereocenters. The van der Waals surface area contributed by atoms with E-state index in [2.05, 4.69) is 0 Å². The highest BCUT2D eigenvalue weighted by Crippen LogP contribution is 2.60. The van der Waals surface area contributed by atoms with Crippen LogP contribution in [-0.2, 0) is 28.6 Å². The summed E-state index contributed by atoms with van der Waals surface area (Å²) in [6.45, 7) is 8.42. The lowest BCUT2D eigenvalue weighted by Gasteiger charge is -2.45. The van der Waals surface area contributed by atoms with Gasteiger partial charge in [0.05, 0.1) is 18.1 Å². The topological polar surface area (TPSA) is 140 Å². The summed E-state index contributed by atoms with van der Waals surface area (Å²) in [5.41, 5.74) is -2.41. The van der Waals surface area contributed by atoms with Crippen molar-refractivity contribution in [2.24, 2.45) is 29.1 Å². The van der Waals surface area contributed by atoms with Gasteiger partial charge in [0.15, 0.2) is 23.8 Å². The van der Waals surface area contributed by atoms with Crippen molar-refractivity contribution in [3.05, 3.63) is 24.3 Å². The maximum atomic E-state index is 13.7. The van der Waals surface area contributed by atoms with Crippen molar-refractivity contribution in [2.45, 2.75) is 83.9 Å². The second kappa shape index (κ2) is 10.8. The lowest BCUT2D eigenvalue weighted by Crippen LogP contribution is -2.58. The fourth-order valence-corrected chi connectivity index (χ4v) is 5.89. The Balaban J connectivity index is 2.01. The zero-order valence-electron chi connectivity index (χ0n) is 21.8. The molecule has 3 N–H and O–H groups in total. The van der Waals surface area contributed by atoms with Gasteiger partial charge in [-0.3, -0.25) is 14.4 Å². The Morgan fingerprint density at radius 1 is 1.22 bits per heavy atom. The molecule has 9 nitrogen and oxygen atoms in total. The number of aliphatic hydroxyl groups is 3. The average molecular weight is 509 g/mol. The third-order valence-electron chi connectivity index (χ3n) is 8.50. The van der Waals surface area contributed by atoms with Crippen molar-refractivity contribution in [3.63, 3.8) is 0 Å². The number of carbonyl (C=O) groups excluding carboxylic acids is 3. The molecular formula is C27H40O9. The van der Waals surface area contributed by atoms with Gasteiger partial charge in [0.25, 0.3) is 0 Å². The number of esters is 1. The first-order valence-corrected chi connectivity index (χ1v) is 12.7. The predicted octanol–water partition coefficient (Wildman–Crippen LogP) is 2.07. The highest BCUT2D eigenvalue weighted by Gasteiger charge is 2.70. The van der Waals surface area contributed by atoms with Crippen LogP contribution in [-0.4, -0.2) is 69.9 Å². The van der Waals surface area contributed by atoms with E-state index in [1.54, 1.807) is 19.9 Å². The number of fused-ring (bicyclic) bond motifs is 3. The molecule has 0 bridgehead atoms. The number of Topliss-reactive ketones (excluding diaryl/α,β-unsaturated/α-hetero) is 1. The van der Waals surface area contributed by atoms with Crippen LogP contribution < -0.4 is 0 Å². The summed E-state index contributed by atoms with van der Waals surface area (Å²) in [4.78, 5) is 37.9. The first kappa shape index (κ1) is 28.7. The molecule has 1 heterocycles. The molecule has 202 valence electrons.